The molecule has 2 aromatic rings. The highest BCUT2D eigenvalue weighted by Crippen LogP contribution is 2.18. The van der Waals surface area contributed by atoms with Gasteiger partial charge in [-0.2, -0.15) is 13.9 Å². The summed E-state index contributed by atoms with van der Waals surface area (Å²) >= 11 is 0. The fourth-order valence-electron chi connectivity index (χ4n) is 2.02. The third kappa shape index (κ3) is 3.65. The van der Waals surface area contributed by atoms with E-state index >= 15 is 0 Å². The number of rotatable bonds is 5. The van der Waals surface area contributed by atoms with Crippen molar-refractivity contribution in [3.8, 4) is 0 Å². The molecule has 21 heavy (non-hydrogen) atoms. The summed E-state index contributed by atoms with van der Waals surface area (Å²) in [6.45, 7) is 1.19. The summed E-state index contributed by atoms with van der Waals surface area (Å²) < 4.78 is 25.3. The molecule has 0 fully saturated rings. The molecule has 1 amide bonds. The highest BCUT2D eigenvalue weighted by Gasteiger charge is 2.17. The number of nitrogens with zero attached hydrogens (tertiary/aromatic N) is 2. The number of alkyl halides is 2. The van der Waals surface area contributed by atoms with Crippen LogP contribution in [0.2, 0.25) is 0 Å². The predicted octanol–water partition coefficient (Wildman–Crippen LogP) is 3.47. The lowest BCUT2D eigenvalue weighted by Gasteiger charge is -2.17. The van der Waals surface area contributed by atoms with E-state index in [9.17, 15) is 13.6 Å². The second-order valence-electron chi connectivity index (χ2n) is 4.80. The Labute approximate surface area is 121 Å². The molecule has 1 aromatic heterocycles. The second kappa shape index (κ2) is 6.47. The molecule has 0 bridgehead atoms. The minimum atomic E-state index is -2.74. The Morgan fingerprint density at radius 2 is 1.95 bits per heavy atom. The number of aromatic nitrogens is 2. The van der Waals surface area contributed by atoms with Gasteiger partial charge in [0.25, 0.3) is 5.91 Å². The summed E-state index contributed by atoms with van der Waals surface area (Å²) in [4.78, 5) is 12.1. The molecule has 1 atom stereocenters. The van der Waals surface area contributed by atoms with Crippen LogP contribution in [0.15, 0.2) is 36.5 Å². The zero-order chi connectivity index (χ0) is 15.4. The third-order valence-corrected chi connectivity index (χ3v) is 3.23. The predicted molar refractivity (Wildman–Crippen MR) is 75.2 cm³/mol. The topological polar surface area (TPSA) is 46.9 Å². The maximum Gasteiger partial charge on any atom is 0.333 e. The fraction of sp³-hybridized carbons (Fsp3) is 0.333. The van der Waals surface area contributed by atoms with E-state index in [4.69, 9.17) is 0 Å². The van der Waals surface area contributed by atoms with Crippen molar-refractivity contribution in [3.05, 3.63) is 53.3 Å². The van der Waals surface area contributed by atoms with Crippen LogP contribution >= 0.6 is 0 Å². The van der Waals surface area contributed by atoms with E-state index in [1.165, 1.54) is 6.07 Å². The average Bonchev–Trinajstić information content (AvgIpc) is 2.96. The Morgan fingerprint density at radius 1 is 1.29 bits per heavy atom. The van der Waals surface area contributed by atoms with Gasteiger partial charge in [0.05, 0.1) is 6.04 Å². The normalized spacial score (nSPS) is 12.4. The number of carbonyl (C=O) groups excluding carboxylic acids is 1. The largest absolute Gasteiger partial charge is 0.344 e. The minimum Gasteiger partial charge on any atom is -0.344 e. The maximum atomic E-state index is 12.4. The Hall–Kier alpha value is -2.24. The second-order valence-corrected chi connectivity index (χ2v) is 4.80. The molecule has 0 aliphatic rings. The summed E-state index contributed by atoms with van der Waals surface area (Å²) in [7, 11) is 0. The SMILES string of the molecule is CCC(NC(=O)c1ccn(C(F)F)n1)c1ccc(C)cc1. The molecule has 4 nitrogen and oxygen atoms in total. The quantitative estimate of drug-likeness (QED) is 0.917. The minimum absolute atomic E-state index is 0.0131. The summed E-state index contributed by atoms with van der Waals surface area (Å²) in [5, 5.41) is 6.37. The maximum absolute atomic E-state index is 12.4. The van der Waals surface area contributed by atoms with Crippen molar-refractivity contribution in [2.75, 3.05) is 0 Å². The van der Waals surface area contributed by atoms with E-state index in [0.717, 1.165) is 17.3 Å². The van der Waals surface area contributed by atoms with Crippen LogP contribution in [0, 0.1) is 6.92 Å². The van der Waals surface area contributed by atoms with Gasteiger partial charge in [0.15, 0.2) is 0 Å². The Kier molecular flexibility index (Phi) is 4.67. The molecule has 0 aliphatic carbocycles. The van der Waals surface area contributed by atoms with Gasteiger partial charge in [-0.1, -0.05) is 36.8 Å². The third-order valence-electron chi connectivity index (χ3n) is 3.23. The van der Waals surface area contributed by atoms with Gasteiger partial charge in [-0.3, -0.25) is 4.79 Å². The van der Waals surface area contributed by atoms with Gasteiger partial charge in [0, 0.05) is 6.20 Å². The first kappa shape index (κ1) is 15.2. The number of halogens is 2. The molecular weight excluding hydrogens is 276 g/mol. The average molecular weight is 293 g/mol. The van der Waals surface area contributed by atoms with Crippen molar-refractivity contribution < 1.29 is 13.6 Å². The molecule has 1 N–H and O–H groups in total. The number of hydrogen-bond donors (Lipinski definition) is 1. The lowest BCUT2D eigenvalue weighted by Crippen LogP contribution is -2.28. The van der Waals surface area contributed by atoms with E-state index in [1.54, 1.807) is 0 Å². The smallest absolute Gasteiger partial charge is 0.333 e. The molecule has 1 unspecified atom stereocenters. The zero-order valence-electron chi connectivity index (χ0n) is 11.9. The monoisotopic (exact) mass is 293 g/mol. The summed E-state index contributed by atoms with van der Waals surface area (Å²) in [6.07, 6.45) is 1.79. The number of carbonyl (C=O) groups is 1. The van der Waals surface area contributed by atoms with Gasteiger partial charge in [0.1, 0.15) is 5.69 Å². The molecule has 6 heteroatoms. The molecular formula is C15H17F2N3O. The molecule has 1 aromatic carbocycles. The first-order valence-corrected chi connectivity index (χ1v) is 6.72. The van der Waals surface area contributed by atoms with Gasteiger partial charge in [0.2, 0.25) is 0 Å². The fourth-order valence-corrected chi connectivity index (χ4v) is 2.02. The first-order valence-electron chi connectivity index (χ1n) is 6.72. The van der Waals surface area contributed by atoms with Crippen LogP contribution in [-0.2, 0) is 0 Å². The van der Waals surface area contributed by atoms with Crippen LogP contribution < -0.4 is 5.32 Å². The Bertz CT molecular complexity index is 608. The van der Waals surface area contributed by atoms with Crippen LogP contribution in [0.1, 0.15) is 47.6 Å². The zero-order valence-corrected chi connectivity index (χ0v) is 11.9. The molecule has 0 saturated carbocycles. The highest BCUT2D eigenvalue weighted by molar-refractivity contribution is 5.92. The van der Waals surface area contributed by atoms with Crippen molar-refractivity contribution >= 4 is 5.91 Å². The summed E-state index contributed by atoms with van der Waals surface area (Å²) in [6, 6.07) is 8.94. The molecule has 0 spiro atoms. The van der Waals surface area contributed by atoms with E-state index < -0.39 is 12.5 Å². The number of hydrogen-bond acceptors (Lipinski definition) is 2. The van der Waals surface area contributed by atoms with Crippen LogP contribution in [0.5, 0.6) is 0 Å². The van der Waals surface area contributed by atoms with E-state index in [2.05, 4.69) is 10.4 Å². The standard InChI is InChI=1S/C15H17F2N3O/c1-3-12(11-6-4-10(2)5-7-11)18-14(21)13-8-9-20(19-13)15(16)17/h4-9,12,15H,3H2,1-2H3,(H,18,21). The number of aryl methyl sites for hydroxylation is 1. The van der Waals surface area contributed by atoms with E-state index in [0.29, 0.717) is 11.1 Å². The van der Waals surface area contributed by atoms with Crippen molar-refractivity contribution in [2.24, 2.45) is 0 Å². The first-order chi connectivity index (χ1) is 10.0. The molecule has 112 valence electrons. The molecule has 0 radical (unpaired) electrons. The lowest BCUT2D eigenvalue weighted by molar-refractivity contribution is 0.0559. The van der Waals surface area contributed by atoms with Crippen molar-refractivity contribution in [1.82, 2.24) is 15.1 Å². The van der Waals surface area contributed by atoms with Gasteiger partial charge in [-0.05, 0) is 25.0 Å². The lowest BCUT2D eigenvalue weighted by atomic mass is 10.0. The van der Waals surface area contributed by atoms with Crippen molar-refractivity contribution in [3.63, 3.8) is 0 Å². The number of amides is 1. The van der Waals surface area contributed by atoms with Crippen molar-refractivity contribution in [1.29, 1.82) is 0 Å². The van der Waals surface area contributed by atoms with Gasteiger partial charge in [-0.15, -0.1) is 0 Å². The van der Waals surface area contributed by atoms with E-state index in [1.807, 2.05) is 38.1 Å². The molecule has 1 heterocycles. The van der Waals surface area contributed by atoms with Gasteiger partial charge in [-0.25, -0.2) is 4.68 Å². The highest BCUT2D eigenvalue weighted by atomic mass is 19.3. The van der Waals surface area contributed by atoms with Crippen LogP contribution in [0.25, 0.3) is 0 Å². The van der Waals surface area contributed by atoms with E-state index in [-0.39, 0.29) is 11.7 Å². The van der Waals surface area contributed by atoms with Gasteiger partial charge >= 0.3 is 6.55 Å². The molecule has 2 rings (SSSR count). The molecule has 0 saturated heterocycles. The Morgan fingerprint density at radius 3 is 2.48 bits per heavy atom. The van der Waals surface area contributed by atoms with Crippen LogP contribution in [0.4, 0.5) is 8.78 Å². The van der Waals surface area contributed by atoms with Crippen LogP contribution in [-0.4, -0.2) is 15.7 Å². The van der Waals surface area contributed by atoms with Crippen LogP contribution in [0.3, 0.4) is 0 Å². The summed E-state index contributed by atoms with van der Waals surface area (Å²) in [5.41, 5.74) is 2.10. The summed E-state index contributed by atoms with van der Waals surface area (Å²) in [5.74, 6) is -0.457. The number of nitrogens with one attached hydrogen (secondary N) is 1. The molecule has 0 aliphatic heterocycles. The number of benzene rings is 1. The van der Waals surface area contributed by atoms with Gasteiger partial charge < -0.3 is 5.32 Å². The van der Waals surface area contributed by atoms with Crippen molar-refractivity contribution in [2.45, 2.75) is 32.9 Å². The Balaban J connectivity index is 2.10.